The van der Waals surface area contributed by atoms with Gasteiger partial charge < -0.3 is 5.32 Å². The Labute approximate surface area is 136 Å². The van der Waals surface area contributed by atoms with Gasteiger partial charge in [0.15, 0.2) is 5.78 Å². The SMILES string of the molecule is O=C(c1ccccc1)C(Nc1ccccc1)C1CCCCS1. The molecule has 0 spiro atoms. The van der Waals surface area contributed by atoms with Crippen molar-refractivity contribution in [2.45, 2.75) is 30.6 Å². The quantitative estimate of drug-likeness (QED) is 0.816. The van der Waals surface area contributed by atoms with Crippen molar-refractivity contribution in [3.05, 3.63) is 66.2 Å². The van der Waals surface area contributed by atoms with Crippen molar-refractivity contribution in [1.29, 1.82) is 0 Å². The molecule has 1 aliphatic heterocycles. The van der Waals surface area contributed by atoms with Crippen LogP contribution in [0.5, 0.6) is 0 Å². The standard InChI is InChI=1S/C19H21NOS/c21-19(15-9-3-1-4-10-15)18(17-13-7-8-14-22-17)20-16-11-5-2-6-12-16/h1-6,9-12,17-18,20H,7-8,13-14H2. The molecule has 0 saturated carbocycles. The van der Waals surface area contributed by atoms with Gasteiger partial charge >= 0.3 is 0 Å². The summed E-state index contributed by atoms with van der Waals surface area (Å²) in [5.74, 6) is 1.35. The average molecular weight is 311 g/mol. The molecule has 2 atom stereocenters. The van der Waals surface area contributed by atoms with E-state index in [0.29, 0.717) is 5.25 Å². The van der Waals surface area contributed by atoms with E-state index in [1.165, 1.54) is 12.8 Å². The second-order valence-corrected chi connectivity index (χ2v) is 6.97. The highest BCUT2D eigenvalue weighted by Gasteiger charge is 2.30. The van der Waals surface area contributed by atoms with Gasteiger partial charge in [0.25, 0.3) is 0 Å². The largest absolute Gasteiger partial charge is 0.374 e. The molecule has 0 bridgehead atoms. The number of hydrogen-bond donors (Lipinski definition) is 1. The maximum absolute atomic E-state index is 13.0. The minimum atomic E-state index is -0.157. The zero-order chi connectivity index (χ0) is 15.2. The lowest BCUT2D eigenvalue weighted by atomic mass is 9.97. The molecule has 114 valence electrons. The molecule has 2 aromatic rings. The Morgan fingerprint density at radius 2 is 1.68 bits per heavy atom. The number of para-hydroxylation sites is 1. The number of hydrogen-bond acceptors (Lipinski definition) is 3. The number of thioether (sulfide) groups is 1. The number of anilines is 1. The molecule has 0 aromatic heterocycles. The Morgan fingerprint density at radius 3 is 2.32 bits per heavy atom. The van der Waals surface area contributed by atoms with Crippen LogP contribution in [0.3, 0.4) is 0 Å². The fraction of sp³-hybridized carbons (Fsp3) is 0.316. The van der Waals surface area contributed by atoms with Crippen molar-refractivity contribution in [3.8, 4) is 0 Å². The first kappa shape index (κ1) is 15.2. The van der Waals surface area contributed by atoms with E-state index in [0.717, 1.165) is 23.4 Å². The van der Waals surface area contributed by atoms with Gasteiger partial charge in [0.2, 0.25) is 0 Å². The number of ketones is 1. The van der Waals surface area contributed by atoms with E-state index in [-0.39, 0.29) is 11.8 Å². The fourth-order valence-electron chi connectivity index (χ4n) is 2.85. The summed E-state index contributed by atoms with van der Waals surface area (Å²) in [6.45, 7) is 0. The van der Waals surface area contributed by atoms with E-state index in [1.807, 2.05) is 72.4 Å². The van der Waals surface area contributed by atoms with Crippen LogP contribution in [0.4, 0.5) is 5.69 Å². The van der Waals surface area contributed by atoms with Crippen LogP contribution >= 0.6 is 11.8 Å². The third-order valence-electron chi connectivity index (χ3n) is 4.02. The first-order valence-corrected chi connectivity index (χ1v) is 8.92. The van der Waals surface area contributed by atoms with Crippen LogP contribution in [-0.4, -0.2) is 22.8 Å². The Morgan fingerprint density at radius 1 is 1.00 bits per heavy atom. The molecule has 1 saturated heterocycles. The van der Waals surface area contributed by atoms with Gasteiger partial charge in [0, 0.05) is 16.5 Å². The second-order valence-electron chi connectivity index (χ2n) is 5.62. The Kier molecular flexibility index (Phi) is 5.17. The molecule has 2 aromatic carbocycles. The Hall–Kier alpha value is -1.74. The zero-order valence-electron chi connectivity index (χ0n) is 12.6. The molecule has 1 aliphatic rings. The molecule has 0 radical (unpaired) electrons. The van der Waals surface area contributed by atoms with Crippen molar-refractivity contribution in [2.75, 3.05) is 11.1 Å². The molecule has 3 rings (SSSR count). The Balaban J connectivity index is 1.83. The lowest BCUT2D eigenvalue weighted by Crippen LogP contribution is -2.40. The smallest absolute Gasteiger partial charge is 0.186 e. The fourth-order valence-corrected chi connectivity index (χ4v) is 4.24. The highest BCUT2D eigenvalue weighted by Crippen LogP contribution is 2.30. The van der Waals surface area contributed by atoms with Crippen LogP contribution < -0.4 is 5.32 Å². The number of nitrogens with one attached hydrogen (secondary N) is 1. The normalized spacial score (nSPS) is 19.4. The molecule has 0 aliphatic carbocycles. The maximum atomic E-state index is 13.0. The number of Topliss-reactive ketones (excluding diaryl/α,β-unsaturated/α-hetero) is 1. The molecule has 3 heteroatoms. The summed E-state index contributed by atoms with van der Waals surface area (Å²) in [6, 6.07) is 19.5. The zero-order valence-corrected chi connectivity index (χ0v) is 13.4. The molecule has 1 heterocycles. The summed E-state index contributed by atoms with van der Waals surface area (Å²) >= 11 is 1.93. The maximum Gasteiger partial charge on any atom is 0.186 e. The molecule has 1 N–H and O–H groups in total. The predicted molar refractivity (Wildman–Crippen MR) is 94.7 cm³/mol. The number of rotatable bonds is 5. The van der Waals surface area contributed by atoms with Crippen molar-refractivity contribution in [2.24, 2.45) is 0 Å². The van der Waals surface area contributed by atoms with Crippen LogP contribution in [0.25, 0.3) is 0 Å². The minimum absolute atomic E-state index is 0.157. The van der Waals surface area contributed by atoms with Crippen LogP contribution in [-0.2, 0) is 0 Å². The monoisotopic (exact) mass is 311 g/mol. The summed E-state index contributed by atoms with van der Waals surface area (Å²) in [5.41, 5.74) is 1.81. The molecule has 2 unspecified atom stereocenters. The van der Waals surface area contributed by atoms with Crippen molar-refractivity contribution >= 4 is 23.2 Å². The summed E-state index contributed by atoms with van der Waals surface area (Å²) in [7, 11) is 0. The Bertz CT molecular complexity index is 593. The number of carbonyl (C=O) groups is 1. The van der Waals surface area contributed by atoms with Crippen molar-refractivity contribution < 1.29 is 4.79 Å². The van der Waals surface area contributed by atoms with Crippen molar-refractivity contribution in [3.63, 3.8) is 0 Å². The summed E-state index contributed by atoms with van der Waals surface area (Å²) in [4.78, 5) is 13.0. The van der Waals surface area contributed by atoms with E-state index >= 15 is 0 Å². The van der Waals surface area contributed by atoms with E-state index in [4.69, 9.17) is 0 Å². The van der Waals surface area contributed by atoms with Crippen molar-refractivity contribution in [1.82, 2.24) is 0 Å². The number of benzene rings is 2. The average Bonchev–Trinajstić information content (AvgIpc) is 2.61. The van der Waals surface area contributed by atoms with Gasteiger partial charge in [-0.25, -0.2) is 0 Å². The second kappa shape index (κ2) is 7.50. The molecular formula is C19H21NOS. The van der Waals surface area contributed by atoms with Gasteiger partial charge in [0.1, 0.15) is 6.04 Å². The highest BCUT2D eigenvalue weighted by molar-refractivity contribution is 8.00. The first-order valence-electron chi connectivity index (χ1n) is 7.87. The van der Waals surface area contributed by atoms with E-state index in [9.17, 15) is 4.79 Å². The topological polar surface area (TPSA) is 29.1 Å². The van der Waals surface area contributed by atoms with E-state index < -0.39 is 0 Å². The van der Waals surface area contributed by atoms with Gasteiger partial charge in [-0.3, -0.25) is 4.79 Å². The summed E-state index contributed by atoms with van der Waals surface area (Å²) in [5, 5.41) is 3.83. The molecule has 22 heavy (non-hydrogen) atoms. The summed E-state index contributed by atoms with van der Waals surface area (Å²) in [6.07, 6.45) is 3.58. The van der Waals surface area contributed by atoms with Gasteiger partial charge in [-0.05, 0) is 30.7 Å². The van der Waals surface area contributed by atoms with E-state index in [2.05, 4.69) is 5.32 Å². The molecule has 2 nitrogen and oxygen atoms in total. The van der Waals surface area contributed by atoms with Gasteiger partial charge in [0.05, 0.1) is 0 Å². The van der Waals surface area contributed by atoms with Crippen LogP contribution in [0.1, 0.15) is 29.6 Å². The first-order chi connectivity index (χ1) is 10.8. The van der Waals surface area contributed by atoms with Gasteiger partial charge in [-0.1, -0.05) is 55.0 Å². The minimum Gasteiger partial charge on any atom is -0.374 e. The van der Waals surface area contributed by atoms with Crippen LogP contribution in [0.15, 0.2) is 60.7 Å². The van der Waals surface area contributed by atoms with Gasteiger partial charge in [-0.15, -0.1) is 0 Å². The third kappa shape index (κ3) is 3.72. The number of carbonyl (C=O) groups excluding carboxylic acids is 1. The lowest BCUT2D eigenvalue weighted by Gasteiger charge is -2.30. The third-order valence-corrected chi connectivity index (χ3v) is 5.48. The lowest BCUT2D eigenvalue weighted by molar-refractivity contribution is 0.0966. The predicted octanol–water partition coefficient (Wildman–Crippen LogP) is 4.64. The molecular weight excluding hydrogens is 290 g/mol. The highest BCUT2D eigenvalue weighted by atomic mass is 32.2. The van der Waals surface area contributed by atoms with Crippen LogP contribution in [0, 0.1) is 0 Å². The van der Waals surface area contributed by atoms with E-state index in [1.54, 1.807) is 0 Å². The molecule has 1 fully saturated rings. The molecule has 0 amide bonds. The summed E-state index contributed by atoms with van der Waals surface area (Å²) < 4.78 is 0. The van der Waals surface area contributed by atoms with Crippen LogP contribution in [0.2, 0.25) is 0 Å². The van der Waals surface area contributed by atoms with Gasteiger partial charge in [-0.2, -0.15) is 11.8 Å².